The van der Waals surface area contributed by atoms with Crippen LogP contribution in [0.1, 0.15) is 20.8 Å². The van der Waals surface area contributed by atoms with Crippen molar-refractivity contribution in [2.24, 2.45) is 0 Å². The van der Waals surface area contributed by atoms with Crippen LogP contribution < -0.4 is 0 Å². The molecule has 0 aliphatic heterocycles. The molecule has 0 aliphatic carbocycles. The SMILES string of the molecule is O=C(c1ccc(Cl)s1)c1ccc(Br)cc1C(F)(F)F. The molecule has 0 N–H and O–H groups in total. The maximum atomic E-state index is 12.9. The van der Waals surface area contributed by atoms with Gasteiger partial charge in [0.1, 0.15) is 0 Å². The van der Waals surface area contributed by atoms with Crippen LogP contribution in [0.15, 0.2) is 34.8 Å². The topological polar surface area (TPSA) is 17.1 Å². The summed E-state index contributed by atoms with van der Waals surface area (Å²) >= 11 is 9.60. The zero-order chi connectivity index (χ0) is 14.2. The summed E-state index contributed by atoms with van der Waals surface area (Å²) < 4.78 is 39.4. The average molecular weight is 370 g/mol. The number of carbonyl (C=O) groups excluding carboxylic acids is 1. The molecule has 0 unspecified atom stereocenters. The molecule has 100 valence electrons. The number of alkyl halides is 3. The van der Waals surface area contributed by atoms with E-state index in [4.69, 9.17) is 11.6 Å². The summed E-state index contributed by atoms with van der Waals surface area (Å²) in [5.41, 5.74) is -1.34. The molecule has 1 aromatic heterocycles. The first-order chi connectivity index (χ1) is 8.79. The summed E-state index contributed by atoms with van der Waals surface area (Å²) in [6.07, 6.45) is -4.59. The first-order valence-electron chi connectivity index (χ1n) is 4.96. The predicted molar refractivity (Wildman–Crippen MR) is 71.9 cm³/mol. The normalized spacial score (nSPS) is 11.6. The third-order valence-electron chi connectivity index (χ3n) is 2.33. The van der Waals surface area contributed by atoms with Crippen molar-refractivity contribution < 1.29 is 18.0 Å². The molecule has 0 radical (unpaired) electrons. The summed E-state index contributed by atoms with van der Waals surface area (Å²) in [6.45, 7) is 0. The van der Waals surface area contributed by atoms with Crippen LogP contribution in [0.25, 0.3) is 0 Å². The van der Waals surface area contributed by atoms with Crippen molar-refractivity contribution in [2.45, 2.75) is 6.18 Å². The van der Waals surface area contributed by atoms with E-state index in [-0.39, 0.29) is 14.9 Å². The third kappa shape index (κ3) is 3.19. The Morgan fingerprint density at radius 1 is 1.21 bits per heavy atom. The van der Waals surface area contributed by atoms with Crippen LogP contribution >= 0.6 is 38.9 Å². The Kier molecular flexibility index (Phi) is 4.03. The van der Waals surface area contributed by atoms with Gasteiger partial charge < -0.3 is 0 Å². The van der Waals surface area contributed by atoms with E-state index in [2.05, 4.69) is 15.9 Å². The smallest absolute Gasteiger partial charge is 0.288 e. The molecule has 1 heterocycles. The molecule has 0 spiro atoms. The van der Waals surface area contributed by atoms with Crippen LogP contribution in [0.4, 0.5) is 13.2 Å². The van der Waals surface area contributed by atoms with Gasteiger partial charge in [-0.05, 0) is 30.3 Å². The summed E-state index contributed by atoms with van der Waals surface area (Å²) in [5, 5.41) is 0. The van der Waals surface area contributed by atoms with Gasteiger partial charge in [-0.15, -0.1) is 11.3 Å². The second-order valence-electron chi connectivity index (χ2n) is 3.62. The van der Waals surface area contributed by atoms with Gasteiger partial charge in [0.25, 0.3) is 0 Å². The first-order valence-corrected chi connectivity index (χ1v) is 6.94. The molecule has 2 aromatic rings. The van der Waals surface area contributed by atoms with Crippen LogP contribution in [-0.2, 0) is 6.18 Å². The lowest BCUT2D eigenvalue weighted by molar-refractivity contribution is -0.137. The number of carbonyl (C=O) groups is 1. The quantitative estimate of drug-likeness (QED) is 0.647. The molecule has 7 heteroatoms. The van der Waals surface area contributed by atoms with Gasteiger partial charge in [-0.25, -0.2) is 0 Å². The number of halogens is 5. The lowest BCUT2D eigenvalue weighted by atomic mass is 10.0. The van der Waals surface area contributed by atoms with Crippen molar-refractivity contribution in [3.05, 3.63) is 55.1 Å². The minimum absolute atomic E-state index is 0.179. The van der Waals surface area contributed by atoms with Crippen LogP contribution in [0, 0.1) is 0 Å². The molecule has 0 saturated carbocycles. The monoisotopic (exact) mass is 368 g/mol. The highest BCUT2D eigenvalue weighted by atomic mass is 79.9. The van der Waals surface area contributed by atoms with E-state index >= 15 is 0 Å². The Morgan fingerprint density at radius 2 is 1.89 bits per heavy atom. The maximum Gasteiger partial charge on any atom is 0.417 e. The molecular weight excluding hydrogens is 365 g/mol. The van der Waals surface area contributed by atoms with Crippen LogP contribution in [0.3, 0.4) is 0 Å². The van der Waals surface area contributed by atoms with Gasteiger partial charge in [-0.2, -0.15) is 13.2 Å². The number of rotatable bonds is 2. The highest BCUT2D eigenvalue weighted by Gasteiger charge is 2.35. The Balaban J connectivity index is 2.53. The van der Waals surface area contributed by atoms with Crippen molar-refractivity contribution in [1.29, 1.82) is 0 Å². The second-order valence-corrected chi connectivity index (χ2v) is 6.25. The molecule has 2 rings (SSSR count). The van der Waals surface area contributed by atoms with Crippen LogP contribution in [0.5, 0.6) is 0 Å². The fourth-order valence-corrected chi connectivity index (χ4v) is 2.88. The van der Waals surface area contributed by atoms with E-state index in [9.17, 15) is 18.0 Å². The second kappa shape index (κ2) is 5.26. The highest BCUT2D eigenvalue weighted by Crippen LogP contribution is 2.35. The molecule has 1 aromatic carbocycles. The van der Waals surface area contributed by atoms with Crippen molar-refractivity contribution >= 4 is 44.7 Å². The van der Waals surface area contributed by atoms with Crippen molar-refractivity contribution in [3.8, 4) is 0 Å². The number of thiophene rings is 1. The third-order valence-corrected chi connectivity index (χ3v) is 4.05. The molecular formula is C12H5BrClF3OS. The van der Waals surface area contributed by atoms with Gasteiger partial charge in [0.15, 0.2) is 0 Å². The molecule has 0 fully saturated rings. The molecule has 0 saturated heterocycles. The molecule has 1 nitrogen and oxygen atoms in total. The minimum atomic E-state index is -4.59. The van der Waals surface area contributed by atoms with E-state index in [0.717, 1.165) is 23.5 Å². The predicted octanol–water partition coefficient (Wildman–Crippen LogP) is 5.41. The maximum absolute atomic E-state index is 12.9. The lowest BCUT2D eigenvalue weighted by Gasteiger charge is -2.11. The average Bonchev–Trinajstić information content (AvgIpc) is 2.74. The van der Waals surface area contributed by atoms with E-state index < -0.39 is 17.5 Å². The van der Waals surface area contributed by atoms with Gasteiger partial charge in [0.05, 0.1) is 14.8 Å². The van der Waals surface area contributed by atoms with E-state index in [1.165, 1.54) is 18.2 Å². The summed E-state index contributed by atoms with van der Waals surface area (Å²) in [6, 6.07) is 6.34. The van der Waals surface area contributed by atoms with Crippen LogP contribution in [0.2, 0.25) is 4.34 Å². The molecule has 0 aliphatic rings. The van der Waals surface area contributed by atoms with Crippen molar-refractivity contribution in [3.63, 3.8) is 0 Å². The Labute approximate surface area is 124 Å². The van der Waals surface area contributed by atoms with Crippen molar-refractivity contribution in [2.75, 3.05) is 0 Å². The largest absolute Gasteiger partial charge is 0.417 e. The number of hydrogen-bond acceptors (Lipinski definition) is 2. The molecule has 0 atom stereocenters. The van der Waals surface area contributed by atoms with E-state index in [1.807, 2.05) is 0 Å². The standard InChI is InChI=1S/C12H5BrClF3OS/c13-6-1-2-7(8(5-6)12(15,16)17)11(18)9-3-4-10(14)19-9/h1-5H. The Morgan fingerprint density at radius 3 is 2.42 bits per heavy atom. The molecule has 0 amide bonds. The first kappa shape index (κ1) is 14.6. The summed E-state index contributed by atoms with van der Waals surface area (Å²) in [4.78, 5) is 12.3. The van der Waals surface area contributed by atoms with Gasteiger partial charge in [0, 0.05) is 10.0 Å². The van der Waals surface area contributed by atoms with Gasteiger partial charge in [0.2, 0.25) is 5.78 Å². The zero-order valence-corrected chi connectivity index (χ0v) is 12.3. The summed E-state index contributed by atoms with van der Waals surface area (Å²) in [7, 11) is 0. The highest BCUT2D eigenvalue weighted by molar-refractivity contribution is 9.10. The summed E-state index contributed by atoms with van der Waals surface area (Å²) in [5.74, 6) is -0.684. The lowest BCUT2D eigenvalue weighted by Crippen LogP contribution is -2.13. The Hall–Kier alpha value is -0.850. The number of ketones is 1. The molecule has 0 bridgehead atoms. The molecule has 19 heavy (non-hydrogen) atoms. The number of hydrogen-bond donors (Lipinski definition) is 0. The van der Waals surface area contributed by atoms with Gasteiger partial charge >= 0.3 is 6.18 Å². The van der Waals surface area contributed by atoms with Crippen molar-refractivity contribution in [1.82, 2.24) is 0 Å². The van der Waals surface area contributed by atoms with E-state index in [0.29, 0.717) is 4.34 Å². The zero-order valence-electron chi connectivity index (χ0n) is 9.09. The fourth-order valence-electron chi connectivity index (χ4n) is 1.52. The number of benzene rings is 1. The van der Waals surface area contributed by atoms with Gasteiger partial charge in [-0.1, -0.05) is 27.5 Å². The Bertz CT molecular complexity index is 636. The fraction of sp³-hybridized carbons (Fsp3) is 0.0833. The van der Waals surface area contributed by atoms with E-state index in [1.54, 1.807) is 0 Å². The van der Waals surface area contributed by atoms with Gasteiger partial charge in [-0.3, -0.25) is 4.79 Å². The minimum Gasteiger partial charge on any atom is -0.288 e. The van der Waals surface area contributed by atoms with Crippen LogP contribution in [-0.4, -0.2) is 5.78 Å².